The van der Waals surface area contributed by atoms with Crippen molar-refractivity contribution in [1.82, 2.24) is 60.5 Å². The highest BCUT2D eigenvalue weighted by molar-refractivity contribution is 7.89. The predicted octanol–water partition coefficient (Wildman–Crippen LogP) is 0.0978. The predicted molar refractivity (Wildman–Crippen MR) is 265 cm³/mol. The summed E-state index contributed by atoms with van der Waals surface area (Å²) in [4.78, 5) is 43.5. The monoisotopic (exact) mass is 1050 g/mol. The van der Waals surface area contributed by atoms with E-state index in [0.717, 1.165) is 25.7 Å². The number of hydrogen-bond acceptors (Lipinski definition) is 19. The first-order valence-electron chi connectivity index (χ1n) is 25.5. The van der Waals surface area contributed by atoms with Crippen LogP contribution in [0.4, 0.5) is 4.79 Å². The van der Waals surface area contributed by atoms with Crippen LogP contribution in [0.25, 0.3) is 0 Å². The van der Waals surface area contributed by atoms with E-state index in [1.165, 1.54) is 8.61 Å². The number of benzene rings is 2. The summed E-state index contributed by atoms with van der Waals surface area (Å²) >= 11 is 0. The minimum atomic E-state index is -3.90. The molecule has 8 unspecified atom stereocenters. The van der Waals surface area contributed by atoms with Crippen molar-refractivity contribution in [3.63, 3.8) is 0 Å². The first kappa shape index (κ1) is 54.0. The van der Waals surface area contributed by atoms with E-state index < -0.39 is 50.6 Å². The molecule has 6 heterocycles. The first-order valence-corrected chi connectivity index (χ1v) is 28.3. The average molecular weight is 1050 g/mol. The van der Waals surface area contributed by atoms with Crippen LogP contribution in [-0.2, 0) is 39.1 Å². The van der Waals surface area contributed by atoms with Crippen molar-refractivity contribution in [1.29, 1.82) is 0 Å². The number of nitrogens with zero attached hydrogens (tertiary/aromatic N) is 6. The molecule has 0 saturated carbocycles. The number of carbonyl (C=O) groups is 3. The average Bonchev–Trinajstić information content (AvgIpc) is 3.86. The molecule has 0 bridgehead atoms. The summed E-state index contributed by atoms with van der Waals surface area (Å²) in [6, 6.07) is 8.47. The van der Waals surface area contributed by atoms with Crippen LogP contribution in [0.5, 0.6) is 11.5 Å². The van der Waals surface area contributed by atoms with Crippen LogP contribution in [0.2, 0.25) is 0 Å². The molecule has 6 aliphatic heterocycles. The van der Waals surface area contributed by atoms with Gasteiger partial charge in [-0.1, -0.05) is 26.7 Å². The topological polar surface area (TPSA) is 248 Å². The van der Waals surface area contributed by atoms with E-state index >= 15 is 0 Å². The third kappa shape index (κ3) is 11.7. The Bertz CT molecular complexity index is 2290. The SMILES string of the molecule is CCCC1NN(C)C2C(=O)NC(c3cc(S(=O)(=O)N4CCN(CCOC(=O)OCCN5CCN(S(=O)(=O)c6ccc(OCC)c(C7NC(=O)C8C(N7)C(CCC)NN8C)c6)CC5)CC4)ccc3OCC)NC12. The summed E-state index contributed by atoms with van der Waals surface area (Å²) in [5.74, 6) is 0.679. The van der Waals surface area contributed by atoms with Gasteiger partial charge in [0.2, 0.25) is 31.9 Å². The molecule has 0 aliphatic carbocycles. The van der Waals surface area contributed by atoms with E-state index in [-0.39, 0.29) is 85.2 Å². The lowest BCUT2D eigenvalue weighted by atomic mass is 9.94. The van der Waals surface area contributed by atoms with E-state index in [9.17, 15) is 31.2 Å². The quantitative estimate of drug-likeness (QED) is 0.0963. The number of hydrazine groups is 2. The van der Waals surface area contributed by atoms with Crippen molar-refractivity contribution < 1.29 is 50.2 Å². The van der Waals surface area contributed by atoms with E-state index in [4.69, 9.17) is 18.9 Å². The number of carbonyl (C=O) groups excluding carboxylic acids is 3. The summed E-state index contributed by atoms with van der Waals surface area (Å²) < 4.78 is 81.5. The lowest BCUT2D eigenvalue weighted by Crippen LogP contribution is -2.62. The van der Waals surface area contributed by atoms with Gasteiger partial charge in [0.25, 0.3) is 0 Å². The van der Waals surface area contributed by atoms with E-state index in [2.05, 4.69) is 46.0 Å². The Hall–Kier alpha value is -4.25. The zero-order valence-electron chi connectivity index (χ0n) is 42.3. The van der Waals surface area contributed by atoms with Gasteiger partial charge in [0, 0.05) is 103 Å². The molecular formula is C47H74N12O11S2. The van der Waals surface area contributed by atoms with Crippen LogP contribution < -0.4 is 41.6 Å². The second-order valence-corrected chi connectivity index (χ2v) is 23.0. The van der Waals surface area contributed by atoms with Crippen LogP contribution in [0.3, 0.4) is 0 Å². The second kappa shape index (κ2) is 23.5. The number of likely N-dealkylation sites (N-methyl/N-ethyl adjacent to an activating group) is 2. The Morgan fingerprint density at radius 1 is 0.597 bits per heavy atom. The minimum absolute atomic E-state index is 0.0382. The largest absolute Gasteiger partial charge is 0.508 e. The van der Waals surface area contributed by atoms with Gasteiger partial charge in [0.05, 0.1) is 35.1 Å². The summed E-state index contributed by atoms with van der Waals surface area (Å²) in [5.41, 5.74) is 7.88. The van der Waals surface area contributed by atoms with Gasteiger partial charge in [-0.3, -0.25) is 30.0 Å². The molecule has 6 N–H and O–H groups in total. The van der Waals surface area contributed by atoms with Crippen LogP contribution in [0.1, 0.15) is 76.8 Å². The van der Waals surface area contributed by atoms with Crippen molar-refractivity contribution in [3.8, 4) is 11.5 Å². The van der Waals surface area contributed by atoms with Crippen molar-refractivity contribution in [3.05, 3.63) is 47.5 Å². The van der Waals surface area contributed by atoms with E-state index in [1.54, 1.807) is 36.4 Å². The number of sulfonamides is 2. The van der Waals surface area contributed by atoms with Gasteiger partial charge >= 0.3 is 6.16 Å². The van der Waals surface area contributed by atoms with Gasteiger partial charge in [-0.15, -0.1) is 0 Å². The molecular weight excluding hydrogens is 973 g/mol. The van der Waals surface area contributed by atoms with Gasteiger partial charge in [-0.25, -0.2) is 42.5 Å². The number of ether oxygens (including phenoxy) is 4. The summed E-state index contributed by atoms with van der Waals surface area (Å²) in [6.07, 6.45) is 1.48. The zero-order valence-corrected chi connectivity index (χ0v) is 43.9. The highest BCUT2D eigenvalue weighted by Gasteiger charge is 2.50. The molecule has 2 aromatic rings. The number of nitrogens with one attached hydrogen (secondary N) is 6. The smallest absolute Gasteiger partial charge is 0.493 e. The zero-order chi connectivity index (χ0) is 51.3. The molecule has 2 amide bonds. The fourth-order valence-electron chi connectivity index (χ4n) is 10.9. The summed E-state index contributed by atoms with van der Waals surface area (Å²) in [7, 11) is -4.10. The Morgan fingerprint density at radius 3 is 1.35 bits per heavy atom. The second-order valence-electron chi connectivity index (χ2n) is 19.1. The highest BCUT2D eigenvalue weighted by Crippen LogP contribution is 2.35. The third-order valence-electron chi connectivity index (χ3n) is 14.5. The number of fused-ring (bicyclic) bond motifs is 2. The molecule has 400 valence electrons. The van der Waals surface area contributed by atoms with Gasteiger partial charge in [-0.05, 0) is 63.1 Å². The third-order valence-corrected chi connectivity index (χ3v) is 18.3. The summed E-state index contributed by atoms with van der Waals surface area (Å²) in [5, 5.41) is 16.9. The molecule has 23 nitrogen and oxygen atoms in total. The molecule has 6 saturated heterocycles. The maximum Gasteiger partial charge on any atom is 0.508 e. The Labute approximate surface area is 423 Å². The standard InChI is InChI=1S/C47H74N12O11S2/c1-7-11-35-39-41(54(5)52-35)45(60)50-43(48-39)33-29-31(13-15-37(33)67-9-3)71(63,64)58-21-17-56(18-22-58)25-27-69-47(62)70-28-26-57-19-23-59(24-20-57)72(65,66)32-14-16-38(68-10-4)34(30-32)44-49-40-36(12-8-2)53-55(6)42(40)46(61)51-44/h13-16,29-30,35-36,39-44,48-49,52-53H,7-12,17-28H2,1-6H3,(H,50,60)(H,51,61). The fourth-order valence-corrected chi connectivity index (χ4v) is 13.8. The fraction of sp³-hybridized carbons (Fsp3) is 0.681. The number of hydrogen-bond donors (Lipinski definition) is 6. The number of piperazine rings is 2. The Morgan fingerprint density at radius 2 is 0.986 bits per heavy atom. The van der Waals surface area contributed by atoms with Crippen LogP contribution in [0, 0.1) is 0 Å². The normalized spacial score (nSPS) is 28.2. The molecule has 8 atom stereocenters. The van der Waals surface area contributed by atoms with Crippen molar-refractivity contribution in [2.45, 2.75) is 112 Å². The maximum absolute atomic E-state index is 14.0. The molecule has 6 aliphatic rings. The number of rotatable bonds is 20. The lowest BCUT2D eigenvalue weighted by Gasteiger charge is -2.37. The van der Waals surface area contributed by atoms with E-state index in [0.29, 0.717) is 75.1 Å². The molecule has 72 heavy (non-hydrogen) atoms. The van der Waals surface area contributed by atoms with Crippen molar-refractivity contribution in [2.75, 3.05) is 106 Å². The molecule has 6 fully saturated rings. The Kier molecular flexibility index (Phi) is 17.7. The molecule has 2 aromatic carbocycles. The van der Waals surface area contributed by atoms with Gasteiger partial charge in [0.15, 0.2) is 0 Å². The van der Waals surface area contributed by atoms with Gasteiger partial charge < -0.3 is 29.6 Å². The van der Waals surface area contributed by atoms with Gasteiger partial charge in [-0.2, -0.15) is 8.61 Å². The Balaban J connectivity index is 0.766. The number of amides is 2. The molecule has 0 spiro atoms. The maximum atomic E-state index is 14.0. The first-order chi connectivity index (χ1) is 34.6. The molecule has 0 aromatic heterocycles. The molecule has 8 rings (SSSR count). The molecule has 0 radical (unpaired) electrons. The van der Waals surface area contributed by atoms with Gasteiger partial charge in [0.1, 0.15) is 49.1 Å². The summed E-state index contributed by atoms with van der Waals surface area (Å²) in [6.45, 7) is 12.2. The van der Waals surface area contributed by atoms with E-state index in [1.807, 2.05) is 47.8 Å². The highest BCUT2D eigenvalue weighted by atomic mass is 32.2. The molecule has 25 heteroatoms. The van der Waals surface area contributed by atoms with Crippen LogP contribution in [0.15, 0.2) is 46.2 Å². The lowest BCUT2D eigenvalue weighted by molar-refractivity contribution is -0.130. The van der Waals surface area contributed by atoms with Crippen LogP contribution >= 0.6 is 0 Å². The van der Waals surface area contributed by atoms with Crippen molar-refractivity contribution in [2.24, 2.45) is 0 Å². The van der Waals surface area contributed by atoms with Crippen molar-refractivity contribution >= 4 is 38.0 Å². The minimum Gasteiger partial charge on any atom is -0.493 e. The van der Waals surface area contributed by atoms with Crippen LogP contribution in [-0.4, -0.2) is 205 Å².